The van der Waals surface area contributed by atoms with Gasteiger partial charge in [0.2, 0.25) is 0 Å². The maximum atomic E-state index is 12.0. The Kier molecular flexibility index (Phi) is 19.4. The van der Waals surface area contributed by atoms with E-state index in [0.29, 0.717) is 6.42 Å². The molecule has 2 rings (SSSR count). The predicted octanol–water partition coefficient (Wildman–Crippen LogP) is 7.77. The van der Waals surface area contributed by atoms with Crippen molar-refractivity contribution in [3.63, 3.8) is 0 Å². The van der Waals surface area contributed by atoms with E-state index < -0.39 is 10.1 Å². The Balaban J connectivity index is 0.00000544. The molecule has 6 heteroatoms. The molecule has 0 aliphatic heterocycles. The van der Waals surface area contributed by atoms with Crippen molar-refractivity contribution in [1.29, 1.82) is 0 Å². The van der Waals surface area contributed by atoms with Crippen LogP contribution in [0.15, 0.2) is 35.2 Å². The number of rotatable bonds is 17. The van der Waals surface area contributed by atoms with Gasteiger partial charge in [-0.05, 0) is 53.6 Å². The first kappa shape index (κ1) is 34.1. The van der Waals surface area contributed by atoms with Gasteiger partial charge in [0.15, 0.2) is 0 Å². The second-order valence-corrected chi connectivity index (χ2v) is 10.6. The van der Waals surface area contributed by atoms with Gasteiger partial charge in [-0.1, -0.05) is 115 Å². The number of fused-ring (bicyclic) bond motifs is 1. The van der Waals surface area contributed by atoms with E-state index in [2.05, 4.69) is 19.9 Å². The Bertz CT molecular complexity index is 912. The van der Waals surface area contributed by atoms with Crippen LogP contribution in [0, 0.1) is 0 Å². The van der Waals surface area contributed by atoms with Crippen LogP contribution in [-0.4, -0.2) is 67.3 Å². The summed E-state index contributed by atoms with van der Waals surface area (Å²) in [6.45, 7) is 4.46. The topological polar surface area (TPSA) is 87.2 Å². The second-order valence-electron chi connectivity index (χ2n) is 9.25. The molecule has 0 amide bonds. The van der Waals surface area contributed by atoms with Crippen molar-refractivity contribution in [3.05, 3.63) is 41.5 Å². The summed E-state index contributed by atoms with van der Waals surface area (Å²) in [7, 11) is -4.47. The molecule has 0 radical (unpaired) electrons. The largest absolute Gasteiger partial charge is 2.00 e. The normalized spacial score (nSPS) is 11.3. The van der Waals surface area contributed by atoms with Crippen molar-refractivity contribution in [1.82, 2.24) is 0 Å². The molecular formula is C28H44BaO4S. The van der Waals surface area contributed by atoms with Gasteiger partial charge in [-0.15, -0.1) is 0 Å². The van der Waals surface area contributed by atoms with Crippen molar-refractivity contribution >= 4 is 69.8 Å². The van der Waals surface area contributed by atoms with E-state index in [1.807, 2.05) is 18.2 Å². The molecule has 2 aromatic carbocycles. The number of hydrogen-bond acceptors (Lipinski definition) is 4. The molecule has 0 saturated carbocycles. The van der Waals surface area contributed by atoms with Crippen LogP contribution in [0.25, 0.3) is 10.8 Å². The molecule has 0 fully saturated rings. The molecule has 0 heterocycles. The minimum atomic E-state index is -4.47. The smallest absolute Gasteiger partial charge is 0.870 e. The number of aryl methyl sites for hydroxylation is 2. The minimum absolute atomic E-state index is 0. The average molecular weight is 614 g/mol. The van der Waals surface area contributed by atoms with Crippen molar-refractivity contribution < 1.29 is 18.4 Å². The zero-order valence-corrected chi connectivity index (χ0v) is 26.7. The first-order valence-corrected chi connectivity index (χ1v) is 14.4. The molecule has 1 N–H and O–H groups in total. The summed E-state index contributed by atoms with van der Waals surface area (Å²) < 4.78 is 35.9. The summed E-state index contributed by atoms with van der Waals surface area (Å²) in [5.41, 5.74) is 2.00. The molecular weight excluding hydrogens is 570 g/mol. The maximum absolute atomic E-state index is 12.0. The summed E-state index contributed by atoms with van der Waals surface area (Å²) in [6.07, 6.45) is 18.8. The first-order valence-electron chi connectivity index (χ1n) is 13.0. The number of unbranched alkanes of at least 4 members (excludes halogenated alkanes) is 12. The van der Waals surface area contributed by atoms with E-state index in [1.165, 1.54) is 76.2 Å². The summed E-state index contributed by atoms with van der Waals surface area (Å²) >= 11 is 0. The van der Waals surface area contributed by atoms with E-state index in [0.717, 1.165) is 42.0 Å². The monoisotopic (exact) mass is 614 g/mol. The molecule has 0 aromatic heterocycles. The molecule has 4 nitrogen and oxygen atoms in total. The number of hydrogen-bond donors (Lipinski definition) is 0. The fourth-order valence-corrected chi connectivity index (χ4v) is 5.46. The molecule has 0 aliphatic rings. The van der Waals surface area contributed by atoms with Gasteiger partial charge >= 0.3 is 48.9 Å². The van der Waals surface area contributed by atoms with Gasteiger partial charge in [-0.3, -0.25) is 0 Å². The Morgan fingerprint density at radius 1 is 0.647 bits per heavy atom. The fourth-order valence-electron chi connectivity index (χ4n) is 4.71. The molecule has 188 valence electrons. The van der Waals surface area contributed by atoms with Crippen LogP contribution in [0.4, 0.5) is 0 Å². The van der Waals surface area contributed by atoms with Crippen molar-refractivity contribution in [2.24, 2.45) is 0 Å². The first-order chi connectivity index (χ1) is 15.5. The zero-order valence-electron chi connectivity index (χ0n) is 21.5. The van der Waals surface area contributed by atoms with E-state index >= 15 is 0 Å². The van der Waals surface area contributed by atoms with Crippen molar-refractivity contribution in [3.8, 4) is 0 Å². The molecule has 0 spiro atoms. The third-order valence-electron chi connectivity index (χ3n) is 6.57. The van der Waals surface area contributed by atoms with Gasteiger partial charge in [0.05, 0.1) is 4.90 Å². The van der Waals surface area contributed by atoms with Crippen LogP contribution in [0.1, 0.15) is 115 Å². The van der Waals surface area contributed by atoms with Gasteiger partial charge in [0.1, 0.15) is 10.1 Å². The summed E-state index contributed by atoms with van der Waals surface area (Å²) in [4.78, 5) is -0.0240. The third-order valence-corrected chi connectivity index (χ3v) is 7.49. The quantitative estimate of drug-likeness (QED) is 0.104. The standard InChI is InChI=1S/C28H44O3S.Ba.H2O/c1-3-5-7-9-11-13-15-18-24-19-17-21-26-25(24)22-23-28(32(29,30)31)27(26)20-16-14-12-10-8-6-4-2;;/h17,19,21-23H,3-16,18,20H2,1-2H3,(H,29,30,31);;1H2/q;+2;/p-2. The summed E-state index contributed by atoms with van der Waals surface area (Å²) in [6, 6.07) is 9.58. The Morgan fingerprint density at radius 2 is 1.15 bits per heavy atom. The molecule has 0 saturated heterocycles. The van der Waals surface area contributed by atoms with Crippen LogP contribution in [-0.2, 0) is 23.0 Å². The van der Waals surface area contributed by atoms with E-state index in [9.17, 15) is 13.0 Å². The van der Waals surface area contributed by atoms with Crippen LogP contribution in [0.3, 0.4) is 0 Å². The van der Waals surface area contributed by atoms with Gasteiger partial charge < -0.3 is 10.0 Å². The third kappa shape index (κ3) is 11.9. The average Bonchev–Trinajstić information content (AvgIpc) is 2.77. The Labute approximate surface area is 248 Å². The van der Waals surface area contributed by atoms with Crippen LogP contribution >= 0.6 is 0 Å². The molecule has 34 heavy (non-hydrogen) atoms. The Morgan fingerprint density at radius 3 is 1.68 bits per heavy atom. The number of benzene rings is 2. The summed E-state index contributed by atoms with van der Waals surface area (Å²) in [5, 5.41) is 2.07. The molecule has 0 unspecified atom stereocenters. The van der Waals surface area contributed by atoms with Gasteiger partial charge in [0.25, 0.3) is 0 Å². The van der Waals surface area contributed by atoms with Crippen LogP contribution in [0.5, 0.6) is 0 Å². The second kappa shape index (κ2) is 19.3. The fraction of sp³-hybridized carbons (Fsp3) is 0.643. The van der Waals surface area contributed by atoms with Crippen molar-refractivity contribution in [2.45, 2.75) is 121 Å². The van der Waals surface area contributed by atoms with Gasteiger partial charge in [-0.2, -0.15) is 0 Å². The Hall–Kier alpha value is 0.141. The van der Waals surface area contributed by atoms with Crippen LogP contribution in [0.2, 0.25) is 0 Å². The molecule has 2 aromatic rings. The predicted molar refractivity (Wildman–Crippen MR) is 143 cm³/mol. The van der Waals surface area contributed by atoms with E-state index in [1.54, 1.807) is 6.07 Å². The van der Waals surface area contributed by atoms with E-state index in [4.69, 9.17) is 0 Å². The van der Waals surface area contributed by atoms with Crippen molar-refractivity contribution in [2.75, 3.05) is 0 Å². The molecule has 0 atom stereocenters. The SMILES string of the molecule is CCCCCCCCCc1cccc2c(CCCCCCCCC)c(S(=O)(=O)[O-])ccc12.[Ba+2].[OH-]. The molecule has 0 aliphatic carbocycles. The van der Waals surface area contributed by atoms with Crippen LogP contribution < -0.4 is 0 Å². The minimum Gasteiger partial charge on any atom is -0.870 e. The van der Waals surface area contributed by atoms with Gasteiger partial charge in [-0.25, -0.2) is 8.42 Å². The van der Waals surface area contributed by atoms with Gasteiger partial charge in [0, 0.05) is 0 Å². The maximum Gasteiger partial charge on any atom is 2.00 e. The zero-order chi connectivity index (χ0) is 23.2. The van der Waals surface area contributed by atoms with E-state index in [-0.39, 0.29) is 59.3 Å². The summed E-state index contributed by atoms with van der Waals surface area (Å²) in [5.74, 6) is 0. The molecule has 0 bridgehead atoms.